The van der Waals surface area contributed by atoms with Gasteiger partial charge in [0.2, 0.25) is 6.79 Å². The van der Waals surface area contributed by atoms with E-state index in [4.69, 9.17) is 28.7 Å². The van der Waals surface area contributed by atoms with Crippen molar-refractivity contribution in [1.82, 2.24) is 9.88 Å². The Kier molecular flexibility index (Phi) is 6.84. The first-order chi connectivity index (χ1) is 18.6. The number of amides is 1. The van der Waals surface area contributed by atoms with Crippen molar-refractivity contribution in [2.45, 2.75) is 44.9 Å². The maximum Gasteiger partial charge on any atom is 0.252 e. The van der Waals surface area contributed by atoms with E-state index < -0.39 is 6.10 Å². The largest absolute Gasteiger partial charge is 0.496 e. The summed E-state index contributed by atoms with van der Waals surface area (Å²) in [5.74, 6) is 3.72. The van der Waals surface area contributed by atoms with Crippen molar-refractivity contribution in [2.75, 3.05) is 45.6 Å². The normalized spacial score (nSPS) is 18.3. The van der Waals surface area contributed by atoms with Crippen LogP contribution >= 0.6 is 0 Å². The average molecular weight is 520 g/mol. The number of benzene rings is 2. The third-order valence-electron chi connectivity index (χ3n) is 7.50. The highest BCUT2D eigenvalue weighted by molar-refractivity contribution is 5.92. The summed E-state index contributed by atoms with van der Waals surface area (Å²) in [7, 11) is 3.31. The number of fused-ring (bicyclic) bond motifs is 2. The number of carbonyl (C=O) groups excluding carboxylic acids is 1. The molecule has 0 N–H and O–H groups in total. The van der Waals surface area contributed by atoms with Crippen molar-refractivity contribution >= 4 is 22.6 Å². The second kappa shape index (κ2) is 10.6. The van der Waals surface area contributed by atoms with Crippen LogP contribution in [0.5, 0.6) is 23.0 Å². The molecule has 9 nitrogen and oxygen atoms in total. The summed E-state index contributed by atoms with van der Waals surface area (Å²) >= 11 is 0. The van der Waals surface area contributed by atoms with Crippen LogP contribution in [0.1, 0.15) is 36.8 Å². The molecule has 0 saturated carbocycles. The number of anilines is 1. The number of aromatic nitrogens is 1. The first kappa shape index (κ1) is 24.6. The topological polar surface area (TPSA) is 82.6 Å². The molecule has 6 rings (SSSR count). The van der Waals surface area contributed by atoms with Gasteiger partial charge in [-0.3, -0.25) is 4.79 Å². The summed E-state index contributed by atoms with van der Waals surface area (Å²) in [6, 6.07) is 11.7. The van der Waals surface area contributed by atoms with Crippen LogP contribution in [0.15, 0.2) is 36.4 Å². The molecule has 200 valence electrons. The molecule has 2 aromatic carbocycles. The number of methoxy groups -OCH3 is 2. The Balaban J connectivity index is 1.41. The fraction of sp³-hybridized carbons (Fsp3) is 0.448. The Morgan fingerprint density at radius 3 is 2.55 bits per heavy atom. The minimum Gasteiger partial charge on any atom is -0.496 e. The number of ether oxygens (including phenoxy) is 5. The Bertz CT molecular complexity index is 1330. The first-order valence-corrected chi connectivity index (χ1v) is 13.2. The second-order valence-electron chi connectivity index (χ2n) is 9.92. The first-order valence-electron chi connectivity index (χ1n) is 13.2. The number of hydrogen-bond donors (Lipinski definition) is 0. The number of pyridine rings is 1. The highest BCUT2D eigenvalue weighted by Crippen LogP contribution is 2.37. The van der Waals surface area contributed by atoms with Crippen LogP contribution in [0.2, 0.25) is 0 Å². The van der Waals surface area contributed by atoms with Crippen molar-refractivity contribution in [1.29, 1.82) is 0 Å². The van der Waals surface area contributed by atoms with Gasteiger partial charge in [0.25, 0.3) is 5.91 Å². The van der Waals surface area contributed by atoms with Gasteiger partial charge >= 0.3 is 0 Å². The Morgan fingerprint density at radius 2 is 1.79 bits per heavy atom. The zero-order valence-corrected chi connectivity index (χ0v) is 21.9. The highest BCUT2D eigenvalue weighted by atomic mass is 16.7. The number of hydrogen-bond acceptors (Lipinski definition) is 8. The maximum atomic E-state index is 13.8. The van der Waals surface area contributed by atoms with Crippen LogP contribution < -0.4 is 23.8 Å². The van der Waals surface area contributed by atoms with E-state index in [0.717, 1.165) is 78.1 Å². The zero-order chi connectivity index (χ0) is 26.1. The Labute approximate surface area is 222 Å². The fourth-order valence-electron chi connectivity index (χ4n) is 5.56. The lowest BCUT2D eigenvalue weighted by Gasteiger charge is -2.28. The number of carbonyl (C=O) groups is 1. The van der Waals surface area contributed by atoms with Crippen LogP contribution in [-0.4, -0.2) is 62.6 Å². The molecule has 0 radical (unpaired) electrons. The molecule has 2 fully saturated rings. The molecule has 3 aromatic rings. The quantitative estimate of drug-likeness (QED) is 0.436. The van der Waals surface area contributed by atoms with Gasteiger partial charge in [-0.15, -0.1) is 0 Å². The lowest BCUT2D eigenvalue weighted by atomic mass is 10.1. The Hall–Kier alpha value is -3.72. The molecule has 1 amide bonds. The van der Waals surface area contributed by atoms with Crippen molar-refractivity contribution in [3.8, 4) is 23.0 Å². The summed E-state index contributed by atoms with van der Waals surface area (Å²) in [6.07, 6.45) is 3.43. The lowest BCUT2D eigenvalue weighted by molar-refractivity contribution is -0.142. The standard InChI is InChI=1S/C29H33N3O6/c1-34-22-9-10-24(35-2)27-21(22)15-20(28(30-27)31-11-3-4-12-31)17-32(29(33)25-6-5-13-36-25)16-19-7-8-23-26(14-19)38-18-37-23/h7-10,14-15,25H,3-6,11-13,16-18H2,1-2H3/t25-/m1/s1. The maximum absolute atomic E-state index is 13.8. The van der Waals surface area contributed by atoms with Gasteiger partial charge in [0, 0.05) is 43.7 Å². The van der Waals surface area contributed by atoms with Gasteiger partial charge in [-0.1, -0.05) is 6.07 Å². The van der Waals surface area contributed by atoms with Gasteiger partial charge in [-0.25, -0.2) is 4.98 Å². The van der Waals surface area contributed by atoms with Crippen LogP contribution in [-0.2, 0) is 22.6 Å². The van der Waals surface area contributed by atoms with Gasteiger partial charge in [-0.05, 0) is 61.6 Å². The minimum absolute atomic E-state index is 0.00903. The predicted octanol–water partition coefficient (Wildman–Crippen LogP) is 4.29. The molecular formula is C29H33N3O6. The SMILES string of the molecule is COc1ccc(OC)c2nc(N3CCCC3)c(CN(Cc3ccc4c(c3)OCO4)C(=O)[C@H]3CCCO3)cc12. The predicted molar refractivity (Wildman–Crippen MR) is 142 cm³/mol. The molecular weight excluding hydrogens is 486 g/mol. The smallest absolute Gasteiger partial charge is 0.252 e. The van der Waals surface area contributed by atoms with Gasteiger partial charge in [0.05, 0.1) is 14.2 Å². The molecule has 0 bridgehead atoms. The highest BCUT2D eigenvalue weighted by Gasteiger charge is 2.30. The van der Waals surface area contributed by atoms with E-state index in [-0.39, 0.29) is 12.7 Å². The molecule has 0 spiro atoms. The van der Waals surface area contributed by atoms with Gasteiger partial charge in [-0.2, -0.15) is 0 Å². The van der Waals surface area contributed by atoms with Crippen LogP contribution in [0.4, 0.5) is 5.82 Å². The van der Waals surface area contributed by atoms with E-state index in [1.165, 1.54) is 0 Å². The monoisotopic (exact) mass is 519 g/mol. The summed E-state index contributed by atoms with van der Waals surface area (Å²) in [4.78, 5) is 23.1. The molecule has 3 aliphatic rings. The van der Waals surface area contributed by atoms with Crippen molar-refractivity contribution in [2.24, 2.45) is 0 Å². The lowest BCUT2D eigenvalue weighted by Crippen LogP contribution is -2.38. The number of nitrogens with zero attached hydrogens (tertiary/aromatic N) is 3. The molecule has 9 heteroatoms. The molecule has 0 aliphatic carbocycles. The summed E-state index contributed by atoms with van der Waals surface area (Å²) in [6.45, 7) is 3.50. The van der Waals surface area contributed by atoms with E-state index in [9.17, 15) is 4.79 Å². The minimum atomic E-state index is -0.428. The average Bonchev–Trinajstić information content (AvgIpc) is 3.74. The van der Waals surface area contributed by atoms with Crippen LogP contribution in [0.3, 0.4) is 0 Å². The summed E-state index contributed by atoms with van der Waals surface area (Å²) < 4.78 is 28.2. The molecule has 4 heterocycles. The summed E-state index contributed by atoms with van der Waals surface area (Å²) in [5, 5.41) is 0.859. The summed E-state index contributed by atoms with van der Waals surface area (Å²) in [5.41, 5.74) is 2.69. The van der Waals surface area contributed by atoms with E-state index in [0.29, 0.717) is 31.2 Å². The molecule has 1 atom stereocenters. The number of rotatable bonds is 8. The van der Waals surface area contributed by atoms with Crippen LogP contribution in [0, 0.1) is 0 Å². The van der Waals surface area contributed by atoms with Gasteiger partial charge < -0.3 is 33.5 Å². The van der Waals surface area contributed by atoms with Gasteiger partial charge in [0.1, 0.15) is 28.9 Å². The third-order valence-corrected chi connectivity index (χ3v) is 7.50. The van der Waals surface area contributed by atoms with E-state index in [1.807, 2.05) is 35.2 Å². The van der Waals surface area contributed by atoms with Crippen LogP contribution in [0.25, 0.3) is 10.9 Å². The fourth-order valence-corrected chi connectivity index (χ4v) is 5.56. The Morgan fingerprint density at radius 1 is 1.00 bits per heavy atom. The molecule has 1 aromatic heterocycles. The van der Waals surface area contributed by atoms with Crippen molar-refractivity contribution in [3.05, 3.63) is 47.5 Å². The van der Waals surface area contributed by atoms with E-state index in [1.54, 1.807) is 14.2 Å². The molecule has 3 aliphatic heterocycles. The van der Waals surface area contributed by atoms with Crippen molar-refractivity contribution < 1.29 is 28.5 Å². The van der Waals surface area contributed by atoms with Crippen molar-refractivity contribution in [3.63, 3.8) is 0 Å². The second-order valence-corrected chi connectivity index (χ2v) is 9.92. The van der Waals surface area contributed by atoms with E-state index >= 15 is 0 Å². The third kappa shape index (κ3) is 4.67. The zero-order valence-electron chi connectivity index (χ0n) is 21.9. The molecule has 38 heavy (non-hydrogen) atoms. The molecule has 0 unspecified atom stereocenters. The van der Waals surface area contributed by atoms with Gasteiger partial charge in [0.15, 0.2) is 11.5 Å². The molecule has 2 saturated heterocycles. The van der Waals surface area contributed by atoms with E-state index in [2.05, 4.69) is 11.0 Å².